The van der Waals surface area contributed by atoms with E-state index < -0.39 is 11.0 Å². The summed E-state index contributed by atoms with van der Waals surface area (Å²) in [5.41, 5.74) is 3.20. The second kappa shape index (κ2) is 7.75. The van der Waals surface area contributed by atoms with Gasteiger partial charge in [0.15, 0.2) is 0 Å². The highest BCUT2D eigenvalue weighted by molar-refractivity contribution is 7.09. The van der Waals surface area contributed by atoms with E-state index in [0.717, 1.165) is 21.8 Å². The summed E-state index contributed by atoms with van der Waals surface area (Å²) in [5.74, 6) is 0. The maximum absolute atomic E-state index is 12.0. The minimum atomic E-state index is -0.505. The van der Waals surface area contributed by atoms with Crippen LogP contribution >= 0.6 is 11.3 Å². The third-order valence-corrected chi connectivity index (χ3v) is 4.41. The average molecular weight is 368 g/mol. The summed E-state index contributed by atoms with van der Waals surface area (Å²) in [6, 6.07) is 13.1. The van der Waals surface area contributed by atoms with Crippen molar-refractivity contribution in [3.8, 4) is 11.3 Å². The van der Waals surface area contributed by atoms with Crippen LogP contribution in [0, 0.1) is 17.0 Å². The van der Waals surface area contributed by atoms with Crippen LogP contribution in [0.1, 0.15) is 10.6 Å². The molecule has 1 heterocycles. The first kappa shape index (κ1) is 17.6. The number of nitrogens with zero attached hydrogens (tertiary/aromatic N) is 2. The number of aromatic nitrogens is 1. The Kier molecular flexibility index (Phi) is 5.23. The van der Waals surface area contributed by atoms with E-state index in [1.165, 1.54) is 18.2 Å². The number of thiazole rings is 1. The number of non-ortho nitro benzene ring substituents is 1. The molecule has 3 rings (SSSR count). The third kappa shape index (κ3) is 4.42. The highest BCUT2D eigenvalue weighted by atomic mass is 32.1. The Labute approximate surface area is 153 Å². The number of hydrogen-bond donors (Lipinski definition) is 2. The fourth-order valence-corrected chi connectivity index (χ4v) is 2.97. The number of rotatable bonds is 5. The monoisotopic (exact) mass is 368 g/mol. The molecule has 0 aliphatic heterocycles. The molecule has 2 N–H and O–H groups in total. The first-order valence-electron chi connectivity index (χ1n) is 7.82. The molecule has 3 aromatic rings. The first-order valence-corrected chi connectivity index (χ1v) is 8.70. The van der Waals surface area contributed by atoms with Crippen molar-refractivity contribution in [1.82, 2.24) is 10.3 Å². The van der Waals surface area contributed by atoms with E-state index in [4.69, 9.17) is 0 Å². The highest BCUT2D eigenvalue weighted by Crippen LogP contribution is 2.22. The van der Waals surface area contributed by atoms with Crippen molar-refractivity contribution in [2.45, 2.75) is 13.5 Å². The van der Waals surface area contributed by atoms with E-state index in [-0.39, 0.29) is 5.69 Å². The predicted molar refractivity (Wildman–Crippen MR) is 101 cm³/mol. The maximum atomic E-state index is 12.0. The van der Waals surface area contributed by atoms with E-state index in [1.54, 1.807) is 17.4 Å². The maximum Gasteiger partial charge on any atom is 0.319 e. The van der Waals surface area contributed by atoms with Gasteiger partial charge in [-0.05, 0) is 18.6 Å². The fraction of sp³-hybridized carbons (Fsp3) is 0.111. The van der Waals surface area contributed by atoms with Crippen LogP contribution < -0.4 is 10.6 Å². The van der Waals surface area contributed by atoms with Crippen molar-refractivity contribution in [2.24, 2.45) is 0 Å². The molecule has 1 aromatic heterocycles. The van der Waals surface area contributed by atoms with Gasteiger partial charge in [-0.3, -0.25) is 10.1 Å². The number of nitro groups is 1. The molecule has 0 saturated heterocycles. The molecule has 0 aliphatic rings. The van der Waals surface area contributed by atoms with Crippen LogP contribution in [0.5, 0.6) is 0 Å². The number of nitrogens with one attached hydrogen (secondary N) is 2. The highest BCUT2D eigenvalue weighted by Gasteiger charge is 2.08. The molecule has 0 bridgehead atoms. The summed E-state index contributed by atoms with van der Waals surface area (Å²) in [7, 11) is 0. The SMILES string of the molecule is Cc1nc(-c2ccc(CNC(=O)Nc3cccc([N+](=O)[O-])c3)cc2)cs1. The van der Waals surface area contributed by atoms with Gasteiger partial charge in [0.1, 0.15) is 0 Å². The van der Waals surface area contributed by atoms with Crippen LogP contribution in [0.15, 0.2) is 53.9 Å². The zero-order valence-corrected chi connectivity index (χ0v) is 14.7. The second-order valence-electron chi connectivity index (χ2n) is 5.56. The van der Waals surface area contributed by atoms with E-state index in [9.17, 15) is 14.9 Å². The van der Waals surface area contributed by atoms with Gasteiger partial charge >= 0.3 is 6.03 Å². The fourth-order valence-electron chi connectivity index (χ4n) is 2.34. The van der Waals surface area contributed by atoms with Crippen LogP contribution in [-0.4, -0.2) is 15.9 Å². The van der Waals surface area contributed by atoms with Gasteiger partial charge in [-0.1, -0.05) is 30.3 Å². The molecule has 0 saturated carbocycles. The lowest BCUT2D eigenvalue weighted by molar-refractivity contribution is -0.384. The van der Waals surface area contributed by atoms with Gasteiger partial charge in [-0.2, -0.15) is 0 Å². The number of amides is 2. The Morgan fingerprint density at radius 3 is 2.65 bits per heavy atom. The Morgan fingerprint density at radius 1 is 1.23 bits per heavy atom. The molecular weight excluding hydrogens is 352 g/mol. The summed E-state index contributed by atoms with van der Waals surface area (Å²) in [5, 5.41) is 19.1. The van der Waals surface area contributed by atoms with Gasteiger partial charge in [0, 0.05) is 35.3 Å². The molecule has 0 unspecified atom stereocenters. The Morgan fingerprint density at radius 2 is 2.00 bits per heavy atom. The number of carbonyl (C=O) groups excluding carboxylic acids is 1. The normalized spacial score (nSPS) is 10.3. The first-order chi connectivity index (χ1) is 12.5. The summed E-state index contributed by atoms with van der Waals surface area (Å²) in [6.07, 6.45) is 0. The van der Waals surface area contributed by atoms with E-state index in [2.05, 4.69) is 15.6 Å². The molecular formula is C18H16N4O3S. The van der Waals surface area contributed by atoms with Crippen LogP contribution in [-0.2, 0) is 6.54 Å². The number of anilines is 1. The van der Waals surface area contributed by atoms with E-state index in [0.29, 0.717) is 12.2 Å². The standard InChI is InChI=1S/C18H16N4O3S/c1-12-20-17(11-26-12)14-7-5-13(6-8-14)10-19-18(23)21-15-3-2-4-16(9-15)22(24)25/h2-9,11H,10H2,1H3,(H2,19,21,23). The number of hydrogen-bond acceptors (Lipinski definition) is 5. The molecule has 0 fully saturated rings. The lowest BCUT2D eigenvalue weighted by atomic mass is 10.1. The zero-order valence-electron chi connectivity index (χ0n) is 13.9. The topological polar surface area (TPSA) is 97.2 Å². The molecule has 26 heavy (non-hydrogen) atoms. The molecule has 0 radical (unpaired) electrons. The second-order valence-corrected chi connectivity index (χ2v) is 6.63. The number of carbonyl (C=O) groups is 1. The molecule has 7 nitrogen and oxygen atoms in total. The van der Waals surface area contributed by atoms with Crippen molar-refractivity contribution in [3.63, 3.8) is 0 Å². The third-order valence-electron chi connectivity index (χ3n) is 3.64. The van der Waals surface area contributed by atoms with Gasteiger partial charge in [-0.25, -0.2) is 9.78 Å². The van der Waals surface area contributed by atoms with Gasteiger partial charge < -0.3 is 10.6 Å². The molecule has 2 aromatic carbocycles. The smallest absolute Gasteiger partial charge is 0.319 e. The van der Waals surface area contributed by atoms with Crippen molar-refractivity contribution in [1.29, 1.82) is 0 Å². The number of urea groups is 1. The summed E-state index contributed by atoms with van der Waals surface area (Å²) < 4.78 is 0. The van der Waals surface area contributed by atoms with Crippen molar-refractivity contribution >= 4 is 28.7 Å². The summed E-state index contributed by atoms with van der Waals surface area (Å²) in [4.78, 5) is 26.6. The van der Waals surface area contributed by atoms with Gasteiger partial charge in [0.25, 0.3) is 5.69 Å². The number of nitro benzene ring substituents is 1. The van der Waals surface area contributed by atoms with Gasteiger partial charge in [-0.15, -0.1) is 11.3 Å². The van der Waals surface area contributed by atoms with Crippen molar-refractivity contribution in [2.75, 3.05) is 5.32 Å². The molecule has 8 heteroatoms. The van der Waals surface area contributed by atoms with Crippen LogP contribution in [0.3, 0.4) is 0 Å². The molecule has 2 amide bonds. The minimum absolute atomic E-state index is 0.0735. The Hall–Kier alpha value is -3.26. The molecule has 0 atom stereocenters. The van der Waals surface area contributed by atoms with Gasteiger partial charge in [0.2, 0.25) is 0 Å². The Bertz CT molecular complexity index is 938. The largest absolute Gasteiger partial charge is 0.334 e. The van der Waals surface area contributed by atoms with Crippen LogP contribution in [0.2, 0.25) is 0 Å². The quantitative estimate of drug-likeness (QED) is 0.517. The van der Waals surface area contributed by atoms with Crippen molar-refractivity contribution in [3.05, 3.63) is 74.6 Å². The van der Waals surface area contributed by atoms with Crippen molar-refractivity contribution < 1.29 is 9.72 Å². The minimum Gasteiger partial charge on any atom is -0.334 e. The lowest BCUT2D eigenvalue weighted by Crippen LogP contribution is -2.28. The van der Waals surface area contributed by atoms with Gasteiger partial charge in [0.05, 0.1) is 15.6 Å². The number of benzene rings is 2. The summed E-state index contributed by atoms with van der Waals surface area (Å²) in [6.45, 7) is 2.31. The number of aryl methyl sites for hydroxylation is 1. The van der Waals surface area contributed by atoms with Crippen LogP contribution in [0.25, 0.3) is 11.3 Å². The summed E-state index contributed by atoms with van der Waals surface area (Å²) >= 11 is 1.60. The molecule has 0 spiro atoms. The van der Waals surface area contributed by atoms with E-state index >= 15 is 0 Å². The lowest BCUT2D eigenvalue weighted by Gasteiger charge is -2.08. The average Bonchev–Trinajstić information content (AvgIpc) is 3.07. The predicted octanol–water partition coefficient (Wildman–Crippen LogP) is 4.35. The molecule has 0 aliphatic carbocycles. The zero-order chi connectivity index (χ0) is 18.5. The Balaban J connectivity index is 1.56. The molecule has 132 valence electrons. The van der Waals surface area contributed by atoms with Crippen LogP contribution in [0.4, 0.5) is 16.2 Å². The van der Waals surface area contributed by atoms with E-state index in [1.807, 2.05) is 36.6 Å².